The highest BCUT2D eigenvalue weighted by molar-refractivity contribution is 5.79. The minimum Gasteiger partial charge on any atom is -0.356 e. The van der Waals surface area contributed by atoms with E-state index in [4.69, 9.17) is 0 Å². The normalized spacial score (nSPS) is 24.3. The van der Waals surface area contributed by atoms with Crippen molar-refractivity contribution in [3.05, 3.63) is 0 Å². The molecular formula is C13H23N3O2. The molecule has 2 rings (SSSR count). The second-order valence-corrected chi connectivity index (χ2v) is 5.17. The SMILES string of the molecule is O=C(NCCCN1CCCC1=O)C1CCCNC1. The van der Waals surface area contributed by atoms with E-state index >= 15 is 0 Å². The van der Waals surface area contributed by atoms with Crippen molar-refractivity contribution < 1.29 is 9.59 Å². The van der Waals surface area contributed by atoms with E-state index in [1.54, 1.807) is 0 Å². The summed E-state index contributed by atoms with van der Waals surface area (Å²) in [4.78, 5) is 25.1. The van der Waals surface area contributed by atoms with Gasteiger partial charge in [-0.15, -0.1) is 0 Å². The summed E-state index contributed by atoms with van der Waals surface area (Å²) in [6.07, 6.45) is 4.61. The van der Waals surface area contributed by atoms with E-state index in [0.717, 1.165) is 51.9 Å². The van der Waals surface area contributed by atoms with Crippen molar-refractivity contribution >= 4 is 11.8 Å². The van der Waals surface area contributed by atoms with Crippen LogP contribution in [0.15, 0.2) is 0 Å². The van der Waals surface area contributed by atoms with Crippen LogP contribution in [-0.4, -0.2) is 49.4 Å². The number of piperidine rings is 1. The average Bonchev–Trinajstić information content (AvgIpc) is 2.81. The van der Waals surface area contributed by atoms with Gasteiger partial charge in [0.05, 0.1) is 5.92 Å². The fourth-order valence-corrected chi connectivity index (χ4v) is 2.64. The summed E-state index contributed by atoms with van der Waals surface area (Å²) in [5.74, 6) is 0.555. The van der Waals surface area contributed by atoms with Gasteiger partial charge in [-0.25, -0.2) is 0 Å². The van der Waals surface area contributed by atoms with Gasteiger partial charge >= 0.3 is 0 Å². The van der Waals surface area contributed by atoms with Crippen molar-refractivity contribution in [1.29, 1.82) is 0 Å². The maximum Gasteiger partial charge on any atom is 0.224 e. The molecule has 2 saturated heterocycles. The van der Waals surface area contributed by atoms with Crippen molar-refractivity contribution in [1.82, 2.24) is 15.5 Å². The number of nitrogens with one attached hydrogen (secondary N) is 2. The molecule has 0 radical (unpaired) electrons. The quantitative estimate of drug-likeness (QED) is 0.684. The Bertz CT molecular complexity index is 301. The highest BCUT2D eigenvalue weighted by Crippen LogP contribution is 2.10. The van der Waals surface area contributed by atoms with Crippen LogP contribution in [0.5, 0.6) is 0 Å². The van der Waals surface area contributed by atoms with Crippen LogP contribution in [0, 0.1) is 5.92 Å². The molecular weight excluding hydrogens is 230 g/mol. The van der Waals surface area contributed by atoms with Gasteiger partial charge in [0.1, 0.15) is 0 Å². The lowest BCUT2D eigenvalue weighted by molar-refractivity contribution is -0.127. The van der Waals surface area contributed by atoms with Crippen LogP contribution in [0.4, 0.5) is 0 Å². The Hall–Kier alpha value is -1.10. The average molecular weight is 253 g/mol. The Labute approximate surface area is 108 Å². The fraction of sp³-hybridized carbons (Fsp3) is 0.846. The van der Waals surface area contributed by atoms with Gasteiger partial charge in [-0.05, 0) is 32.2 Å². The number of hydrogen-bond acceptors (Lipinski definition) is 3. The molecule has 5 heteroatoms. The summed E-state index contributed by atoms with van der Waals surface area (Å²) in [6.45, 7) is 4.18. The monoisotopic (exact) mass is 253 g/mol. The summed E-state index contributed by atoms with van der Waals surface area (Å²) >= 11 is 0. The van der Waals surface area contributed by atoms with E-state index in [2.05, 4.69) is 10.6 Å². The number of rotatable bonds is 5. The smallest absolute Gasteiger partial charge is 0.224 e. The van der Waals surface area contributed by atoms with Gasteiger partial charge in [0.25, 0.3) is 0 Å². The molecule has 2 fully saturated rings. The first-order valence-corrected chi connectivity index (χ1v) is 7.03. The fourth-order valence-electron chi connectivity index (χ4n) is 2.64. The predicted octanol–water partition coefficient (Wildman–Crippen LogP) is 0.115. The molecule has 2 heterocycles. The van der Waals surface area contributed by atoms with Gasteiger partial charge in [0.15, 0.2) is 0 Å². The van der Waals surface area contributed by atoms with Crippen LogP contribution in [0.3, 0.4) is 0 Å². The molecule has 102 valence electrons. The van der Waals surface area contributed by atoms with Gasteiger partial charge in [-0.3, -0.25) is 9.59 Å². The van der Waals surface area contributed by atoms with Crippen molar-refractivity contribution in [2.75, 3.05) is 32.7 Å². The number of hydrogen-bond donors (Lipinski definition) is 2. The highest BCUT2D eigenvalue weighted by Gasteiger charge is 2.21. The van der Waals surface area contributed by atoms with E-state index in [-0.39, 0.29) is 17.7 Å². The minimum absolute atomic E-state index is 0.132. The standard InChI is InChI=1S/C13H23N3O2/c17-12-5-2-8-16(12)9-3-7-15-13(18)11-4-1-6-14-10-11/h11,14H,1-10H2,(H,15,18). The number of carbonyl (C=O) groups excluding carboxylic acids is 2. The Balaban J connectivity index is 1.57. The van der Waals surface area contributed by atoms with Crippen LogP contribution in [0.25, 0.3) is 0 Å². The van der Waals surface area contributed by atoms with Crippen molar-refractivity contribution in [2.24, 2.45) is 5.92 Å². The molecule has 0 aromatic rings. The van der Waals surface area contributed by atoms with Gasteiger partial charge in [0.2, 0.25) is 11.8 Å². The lowest BCUT2D eigenvalue weighted by atomic mass is 9.99. The van der Waals surface area contributed by atoms with Gasteiger partial charge in [-0.1, -0.05) is 0 Å². The molecule has 2 aliphatic rings. The summed E-state index contributed by atoms with van der Waals surface area (Å²) in [6, 6.07) is 0. The molecule has 2 amide bonds. The Morgan fingerprint density at radius 1 is 1.44 bits per heavy atom. The second kappa shape index (κ2) is 6.73. The van der Waals surface area contributed by atoms with E-state index < -0.39 is 0 Å². The number of amides is 2. The molecule has 1 atom stereocenters. The molecule has 0 spiro atoms. The Kier molecular flexibility index (Phi) is 4.99. The number of likely N-dealkylation sites (tertiary alicyclic amines) is 1. The molecule has 0 aliphatic carbocycles. The molecule has 2 N–H and O–H groups in total. The number of carbonyl (C=O) groups is 2. The first-order chi connectivity index (χ1) is 8.77. The summed E-state index contributed by atoms with van der Waals surface area (Å²) in [5.41, 5.74) is 0. The lowest BCUT2D eigenvalue weighted by Crippen LogP contribution is -2.41. The molecule has 0 saturated carbocycles. The molecule has 5 nitrogen and oxygen atoms in total. The van der Waals surface area contributed by atoms with Crippen LogP contribution >= 0.6 is 0 Å². The largest absolute Gasteiger partial charge is 0.356 e. The predicted molar refractivity (Wildman–Crippen MR) is 69.0 cm³/mol. The van der Waals surface area contributed by atoms with E-state index in [1.165, 1.54) is 0 Å². The topological polar surface area (TPSA) is 61.4 Å². The van der Waals surface area contributed by atoms with Crippen molar-refractivity contribution in [3.63, 3.8) is 0 Å². The van der Waals surface area contributed by atoms with Gasteiger partial charge in [-0.2, -0.15) is 0 Å². The zero-order valence-corrected chi connectivity index (χ0v) is 10.9. The Morgan fingerprint density at radius 3 is 3.00 bits per heavy atom. The maximum absolute atomic E-state index is 11.8. The minimum atomic E-state index is 0.132. The summed E-state index contributed by atoms with van der Waals surface area (Å²) in [7, 11) is 0. The third kappa shape index (κ3) is 3.70. The lowest BCUT2D eigenvalue weighted by Gasteiger charge is -2.22. The number of nitrogens with zero attached hydrogens (tertiary/aromatic N) is 1. The first kappa shape index (κ1) is 13.3. The van der Waals surface area contributed by atoms with E-state index in [1.807, 2.05) is 4.90 Å². The van der Waals surface area contributed by atoms with Crippen LogP contribution in [0.1, 0.15) is 32.1 Å². The zero-order valence-electron chi connectivity index (χ0n) is 10.9. The van der Waals surface area contributed by atoms with Crippen molar-refractivity contribution in [2.45, 2.75) is 32.1 Å². The first-order valence-electron chi connectivity index (χ1n) is 7.03. The maximum atomic E-state index is 11.8. The summed E-state index contributed by atoms with van der Waals surface area (Å²) < 4.78 is 0. The third-order valence-electron chi connectivity index (χ3n) is 3.74. The van der Waals surface area contributed by atoms with Crippen LogP contribution in [-0.2, 0) is 9.59 Å². The molecule has 0 bridgehead atoms. The molecule has 2 aliphatic heterocycles. The molecule has 1 unspecified atom stereocenters. The Morgan fingerprint density at radius 2 is 2.33 bits per heavy atom. The second-order valence-electron chi connectivity index (χ2n) is 5.17. The van der Waals surface area contributed by atoms with E-state index in [9.17, 15) is 9.59 Å². The highest BCUT2D eigenvalue weighted by atomic mass is 16.2. The van der Waals surface area contributed by atoms with Gasteiger partial charge < -0.3 is 15.5 Å². The van der Waals surface area contributed by atoms with Crippen LogP contribution in [0.2, 0.25) is 0 Å². The molecule has 0 aromatic carbocycles. The molecule has 0 aromatic heterocycles. The third-order valence-corrected chi connectivity index (χ3v) is 3.74. The zero-order chi connectivity index (χ0) is 12.8. The van der Waals surface area contributed by atoms with Crippen molar-refractivity contribution in [3.8, 4) is 0 Å². The van der Waals surface area contributed by atoms with Gasteiger partial charge in [0, 0.05) is 32.6 Å². The van der Waals surface area contributed by atoms with Crippen LogP contribution < -0.4 is 10.6 Å². The summed E-state index contributed by atoms with van der Waals surface area (Å²) in [5, 5.41) is 6.22. The van der Waals surface area contributed by atoms with E-state index in [0.29, 0.717) is 13.0 Å². The molecule has 18 heavy (non-hydrogen) atoms.